The zero-order valence-corrected chi connectivity index (χ0v) is 20.9. The second kappa shape index (κ2) is 10.3. The molecular weight excluding hydrogens is 446 g/mol. The van der Waals surface area contributed by atoms with Crippen molar-refractivity contribution in [2.45, 2.75) is 45.8 Å². The molecule has 1 aliphatic heterocycles. The van der Waals surface area contributed by atoms with E-state index in [1.807, 2.05) is 18.7 Å². The van der Waals surface area contributed by atoms with Crippen LogP contribution in [-0.2, 0) is 19.6 Å². The number of anilines is 1. The summed E-state index contributed by atoms with van der Waals surface area (Å²) in [6, 6.07) is 4.46. The quantitative estimate of drug-likeness (QED) is 0.691. The SMILES string of the molecule is CCS(=O)(=O)Nc1ccc2c(c1)C(=O)N(C)C[C@@H](OC)[C@@H](C)CN(C(=O)C1CC1)[C@@H](C)CO2. The van der Waals surface area contributed by atoms with Gasteiger partial charge in [-0.1, -0.05) is 6.92 Å². The van der Waals surface area contributed by atoms with Crippen LogP contribution >= 0.6 is 0 Å². The van der Waals surface area contributed by atoms with Crippen molar-refractivity contribution in [2.75, 3.05) is 44.3 Å². The van der Waals surface area contributed by atoms with Gasteiger partial charge in [0.15, 0.2) is 0 Å². The minimum absolute atomic E-state index is 0.00278. The van der Waals surface area contributed by atoms with Gasteiger partial charge in [-0.3, -0.25) is 14.3 Å². The maximum absolute atomic E-state index is 13.3. The summed E-state index contributed by atoms with van der Waals surface area (Å²) in [6.07, 6.45) is 1.56. The molecule has 0 spiro atoms. The van der Waals surface area contributed by atoms with Crippen molar-refractivity contribution in [3.63, 3.8) is 0 Å². The summed E-state index contributed by atoms with van der Waals surface area (Å²) in [5.41, 5.74) is 0.549. The summed E-state index contributed by atoms with van der Waals surface area (Å²) in [7, 11) is -0.214. The lowest BCUT2D eigenvalue weighted by atomic mass is 10.0. The second-order valence-electron chi connectivity index (χ2n) is 9.08. The number of hydrogen-bond acceptors (Lipinski definition) is 6. The normalized spacial score (nSPS) is 24.9. The number of fused-ring (bicyclic) bond motifs is 1. The number of sulfonamides is 1. The predicted octanol–water partition coefficient (Wildman–Crippen LogP) is 2.19. The molecule has 10 heteroatoms. The predicted molar refractivity (Wildman–Crippen MR) is 126 cm³/mol. The molecule has 9 nitrogen and oxygen atoms in total. The fourth-order valence-electron chi connectivity index (χ4n) is 3.96. The molecule has 0 unspecified atom stereocenters. The fourth-order valence-corrected chi connectivity index (χ4v) is 4.59. The van der Waals surface area contributed by atoms with Gasteiger partial charge < -0.3 is 19.3 Å². The molecule has 2 amide bonds. The molecule has 33 heavy (non-hydrogen) atoms. The Morgan fingerprint density at radius 2 is 1.94 bits per heavy atom. The van der Waals surface area contributed by atoms with E-state index >= 15 is 0 Å². The van der Waals surface area contributed by atoms with Crippen LogP contribution in [0.2, 0.25) is 0 Å². The topological polar surface area (TPSA) is 105 Å². The van der Waals surface area contributed by atoms with E-state index in [2.05, 4.69) is 4.72 Å². The molecule has 0 radical (unpaired) electrons. The van der Waals surface area contributed by atoms with E-state index in [9.17, 15) is 18.0 Å². The van der Waals surface area contributed by atoms with Gasteiger partial charge in [0.1, 0.15) is 12.4 Å². The van der Waals surface area contributed by atoms with E-state index < -0.39 is 10.0 Å². The number of ether oxygens (including phenoxy) is 2. The average molecular weight is 482 g/mol. The molecule has 1 saturated carbocycles. The van der Waals surface area contributed by atoms with Crippen molar-refractivity contribution in [3.8, 4) is 5.75 Å². The molecule has 0 bridgehead atoms. The first-order valence-electron chi connectivity index (χ1n) is 11.4. The maximum Gasteiger partial charge on any atom is 0.257 e. The number of amides is 2. The first kappa shape index (κ1) is 25.3. The van der Waals surface area contributed by atoms with Crippen molar-refractivity contribution in [2.24, 2.45) is 11.8 Å². The summed E-state index contributed by atoms with van der Waals surface area (Å²) in [6.45, 7) is 6.56. The summed E-state index contributed by atoms with van der Waals surface area (Å²) in [5, 5.41) is 0. The minimum Gasteiger partial charge on any atom is -0.491 e. The third kappa shape index (κ3) is 6.17. The number of carbonyl (C=O) groups excluding carboxylic acids is 2. The van der Waals surface area contributed by atoms with Gasteiger partial charge in [0.25, 0.3) is 5.91 Å². The Morgan fingerprint density at radius 1 is 1.24 bits per heavy atom. The smallest absolute Gasteiger partial charge is 0.257 e. The lowest BCUT2D eigenvalue weighted by Crippen LogP contribution is -2.49. The van der Waals surface area contributed by atoms with Crippen LogP contribution in [0, 0.1) is 11.8 Å². The Kier molecular flexibility index (Phi) is 7.89. The molecule has 0 aromatic heterocycles. The number of benzene rings is 1. The standard InChI is InChI=1S/C23H35N3O6S/c1-6-33(29,30)24-18-9-10-20-19(11-18)23(28)25(4)13-21(31-5)15(2)12-26(16(3)14-32-20)22(27)17-7-8-17/h9-11,15-17,21,24H,6-8,12-14H2,1-5H3/t15-,16-,21+/m0/s1. The second-order valence-corrected chi connectivity index (χ2v) is 11.1. The highest BCUT2D eigenvalue weighted by molar-refractivity contribution is 7.92. The fraction of sp³-hybridized carbons (Fsp3) is 0.652. The van der Waals surface area contributed by atoms with Gasteiger partial charge in [-0.15, -0.1) is 0 Å². The number of nitrogens with one attached hydrogen (secondary N) is 1. The Balaban J connectivity index is 1.96. The highest BCUT2D eigenvalue weighted by Crippen LogP contribution is 2.33. The first-order chi connectivity index (χ1) is 15.6. The molecule has 1 aromatic carbocycles. The first-order valence-corrected chi connectivity index (χ1v) is 13.1. The molecule has 1 fully saturated rings. The molecule has 1 N–H and O–H groups in total. The third-order valence-electron chi connectivity index (χ3n) is 6.31. The summed E-state index contributed by atoms with van der Waals surface area (Å²) in [5.74, 6) is 0.190. The van der Waals surface area contributed by atoms with E-state index in [0.717, 1.165) is 12.8 Å². The zero-order valence-electron chi connectivity index (χ0n) is 20.0. The van der Waals surface area contributed by atoms with Gasteiger partial charge in [0.2, 0.25) is 15.9 Å². The van der Waals surface area contributed by atoms with Gasteiger partial charge in [-0.05, 0) is 44.9 Å². The highest BCUT2D eigenvalue weighted by Gasteiger charge is 2.37. The number of likely N-dealkylation sites (N-methyl/N-ethyl adjacent to an activating group) is 1. The molecule has 2 aliphatic rings. The van der Waals surface area contributed by atoms with Crippen molar-refractivity contribution < 1.29 is 27.5 Å². The number of hydrogen-bond donors (Lipinski definition) is 1. The van der Waals surface area contributed by atoms with Crippen LogP contribution < -0.4 is 9.46 Å². The minimum atomic E-state index is -3.50. The number of carbonyl (C=O) groups is 2. The molecule has 1 heterocycles. The number of nitrogens with zero attached hydrogens (tertiary/aromatic N) is 2. The van der Waals surface area contributed by atoms with Gasteiger partial charge in [0.05, 0.1) is 23.5 Å². The van der Waals surface area contributed by atoms with E-state index in [0.29, 0.717) is 24.5 Å². The summed E-state index contributed by atoms with van der Waals surface area (Å²) in [4.78, 5) is 29.7. The van der Waals surface area contributed by atoms with Crippen molar-refractivity contribution in [1.29, 1.82) is 0 Å². The van der Waals surface area contributed by atoms with Gasteiger partial charge >= 0.3 is 0 Å². The van der Waals surface area contributed by atoms with E-state index in [1.165, 1.54) is 6.07 Å². The molecule has 0 saturated heterocycles. The number of methoxy groups -OCH3 is 1. The molecular formula is C23H35N3O6S. The van der Waals surface area contributed by atoms with Crippen LogP contribution in [-0.4, -0.2) is 81.8 Å². The molecule has 1 aromatic rings. The van der Waals surface area contributed by atoms with Gasteiger partial charge in [-0.2, -0.15) is 0 Å². The monoisotopic (exact) mass is 481 g/mol. The van der Waals surface area contributed by atoms with E-state index in [-0.39, 0.29) is 53.7 Å². The largest absolute Gasteiger partial charge is 0.491 e. The molecule has 3 atom stereocenters. The Bertz CT molecular complexity index is 978. The average Bonchev–Trinajstić information content (AvgIpc) is 3.63. The summed E-state index contributed by atoms with van der Waals surface area (Å²) >= 11 is 0. The number of rotatable bonds is 5. The lowest BCUT2D eigenvalue weighted by molar-refractivity contribution is -0.136. The molecule has 3 rings (SSSR count). The van der Waals surface area contributed by atoms with E-state index in [4.69, 9.17) is 9.47 Å². The van der Waals surface area contributed by atoms with Gasteiger partial charge in [-0.25, -0.2) is 8.42 Å². The van der Waals surface area contributed by atoms with Crippen LogP contribution in [0.4, 0.5) is 5.69 Å². The Labute approximate surface area is 196 Å². The van der Waals surface area contributed by atoms with E-state index in [1.54, 1.807) is 38.1 Å². The van der Waals surface area contributed by atoms with Crippen molar-refractivity contribution in [3.05, 3.63) is 23.8 Å². The van der Waals surface area contributed by atoms with Gasteiger partial charge in [0, 0.05) is 44.8 Å². The Hall–Kier alpha value is -2.33. The van der Waals surface area contributed by atoms with Crippen LogP contribution in [0.1, 0.15) is 44.0 Å². The highest BCUT2D eigenvalue weighted by atomic mass is 32.2. The van der Waals surface area contributed by atoms with Crippen LogP contribution in [0.15, 0.2) is 18.2 Å². The molecule has 1 aliphatic carbocycles. The van der Waals surface area contributed by atoms with Crippen molar-refractivity contribution in [1.82, 2.24) is 9.80 Å². The van der Waals surface area contributed by atoms with Crippen molar-refractivity contribution >= 4 is 27.5 Å². The lowest BCUT2D eigenvalue weighted by Gasteiger charge is -2.36. The molecule has 184 valence electrons. The van der Waals surface area contributed by atoms with Crippen LogP contribution in [0.3, 0.4) is 0 Å². The summed E-state index contributed by atoms with van der Waals surface area (Å²) < 4.78 is 38.2. The third-order valence-corrected chi connectivity index (χ3v) is 7.61. The zero-order chi connectivity index (χ0) is 24.3. The maximum atomic E-state index is 13.3. The Morgan fingerprint density at radius 3 is 2.55 bits per heavy atom. The van der Waals surface area contributed by atoms with Crippen LogP contribution in [0.25, 0.3) is 0 Å². The van der Waals surface area contributed by atoms with Crippen LogP contribution in [0.5, 0.6) is 5.75 Å².